The zero-order valence-corrected chi connectivity index (χ0v) is 14.6. The van der Waals surface area contributed by atoms with Gasteiger partial charge in [-0.2, -0.15) is 0 Å². The molecule has 0 radical (unpaired) electrons. The fourth-order valence-corrected chi connectivity index (χ4v) is 3.58. The highest BCUT2D eigenvalue weighted by Crippen LogP contribution is 2.32. The summed E-state index contributed by atoms with van der Waals surface area (Å²) in [6.07, 6.45) is 7.05. The van der Waals surface area contributed by atoms with Crippen molar-refractivity contribution in [2.24, 2.45) is 0 Å². The van der Waals surface area contributed by atoms with Crippen LogP contribution in [0.5, 0.6) is 0 Å². The first-order valence-corrected chi connectivity index (χ1v) is 8.75. The van der Waals surface area contributed by atoms with Gasteiger partial charge >= 0.3 is 0 Å². The van der Waals surface area contributed by atoms with Gasteiger partial charge in [0.15, 0.2) is 0 Å². The Labute approximate surface area is 150 Å². The molecule has 3 aromatic heterocycles. The van der Waals surface area contributed by atoms with Crippen molar-refractivity contribution in [2.75, 3.05) is 38.1 Å². The van der Waals surface area contributed by atoms with Crippen LogP contribution in [0.4, 0.5) is 5.82 Å². The number of rotatable bonds is 2. The first-order valence-electron chi connectivity index (χ1n) is 8.75. The van der Waals surface area contributed by atoms with E-state index in [2.05, 4.69) is 60.0 Å². The van der Waals surface area contributed by atoms with Crippen LogP contribution in [0.2, 0.25) is 0 Å². The van der Waals surface area contributed by atoms with Crippen molar-refractivity contribution in [2.45, 2.75) is 0 Å². The largest absolute Gasteiger partial charge is 0.353 e. The Balaban J connectivity index is 1.64. The lowest BCUT2D eigenvalue weighted by atomic mass is 10.0. The maximum Gasteiger partial charge on any atom is 0.141 e. The predicted molar refractivity (Wildman–Crippen MR) is 102 cm³/mol. The van der Waals surface area contributed by atoms with Crippen LogP contribution < -0.4 is 4.90 Å². The Morgan fingerprint density at radius 2 is 1.85 bits per heavy atom. The van der Waals surface area contributed by atoms with Gasteiger partial charge < -0.3 is 14.8 Å². The minimum absolute atomic E-state index is 0.846. The fraction of sp³-hybridized carbons (Fsp3) is 0.263. The Morgan fingerprint density at radius 3 is 2.73 bits per heavy atom. The number of H-pyrrole nitrogens is 1. The van der Waals surface area contributed by atoms with Gasteiger partial charge in [0.25, 0.3) is 0 Å². The van der Waals surface area contributed by atoms with Gasteiger partial charge in [-0.1, -0.05) is 6.07 Å². The molecule has 4 heterocycles. The number of nitrogens with one attached hydrogen (secondary N) is 1. The minimum Gasteiger partial charge on any atom is -0.353 e. The van der Waals surface area contributed by atoms with Crippen LogP contribution >= 0.6 is 0 Å². The van der Waals surface area contributed by atoms with Crippen LogP contribution in [-0.2, 0) is 0 Å². The standard InChI is InChI=1S/C19H19N7/c1-25-4-6-26(7-5-25)19-14-8-13(2-3-17(14)22-12-24-19)15-10-21-18-16(15)9-20-11-23-18/h2-3,8-12H,4-7H2,1H3,(H,20,21,23). The maximum absolute atomic E-state index is 4.60. The first-order chi connectivity index (χ1) is 12.8. The molecule has 7 heteroatoms. The van der Waals surface area contributed by atoms with Crippen LogP contribution in [0.1, 0.15) is 0 Å². The lowest BCUT2D eigenvalue weighted by Crippen LogP contribution is -2.44. The van der Waals surface area contributed by atoms with E-state index in [0.29, 0.717) is 0 Å². The van der Waals surface area contributed by atoms with Crippen LogP contribution in [0.15, 0.2) is 43.2 Å². The average molecular weight is 345 g/mol. The van der Waals surface area contributed by atoms with E-state index in [4.69, 9.17) is 0 Å². The van der Waals surface area contributed by atoms with E-state index in [0.717, 1.165) is 65.1 Å². The topological polar surface area (TPSA) is 73.8 Å². The molecule has 0 amide bonds. The molecule has 0 bridgehead atoms. The minimum atomic E-state index is 0.846. The molecule has 0 atom stereocenters. The number of aromatic nitrogens is 5. The smallest absolute Gasteiger partial charge is 0.141 e. The third-order valence-electron chi connectivity index (χ3n) is 5.08. The second-order valence-electron chi connectivity index (χ2n) is 6.71. The SMILES string of the molecule is CN1CCN(c2ncnc3ccc(-c4c[nH]c5ncncc45)cc23)CC1. The zero-order valence-electron chi connectivity index (χ0n) is 14.6. The summed E-state index contributed by atoms with van der Waals surface area (Å²) in [4.78, 5) is 25.4. The summed E-state index contributed by atoms with van der Waals surface area (Å²) in [7, 11) is 2.16. The molecule has 0 saturated carbocycles. The molecule has 0 unspecified atom stereocenters. The van der Waals surface area contributed by atoms with Crippen molar-refractivity contribution in [1.29, 1.82) is 0 Å². The van der Waals surface area contributed by atoms with Crippen molar-refractivity contribution in [3.8, 4) is 11.1 Å². The summed E-state index contributed by atoms with van der Waals surface area (Å²) < 4.78 is 0. The van der Waals surface area contributed by atoms with Crippen LogP contribution in [0.3, 0.4) is 0 Å². The summed E-state index contributed by atoms with van der Waals surface area (Å²) in [6, 6.07) is 6.34. The van der Waals surface area contributed by atoms with E-state index in [1.54, 1.807) is 12.7 Å². The van der Waals surface area contributed by atoms with E-state index in [9.17, 15) is 0 Å². The molecule has 0 spiro atoms. The maximum atomic E-state index is 4.60. The number of likely N-dealkylation sites (N-methyl/N-ethyl adjacent to an activating group) is 1. The summed E-state index contributed by atoms with van der Waals surface area (Å²) >= 11 is 0. The lowest BCUT2D eigenvalue weighted by molar-refractivity contribution is 0.312. The fourth-order valence-electron chi connectivity index (χ4n) is 3.58. The van der Waals surface area contributed by atoms with Gasteiger partial charge in [0, 0.05) is 54.9 Å². The van der Waals surface area contributed by atoms with Crippen molar-refractivity contribution in [1.82, 2.24) is 29.8 Å². The molecule has 1 aliphatic rings. The van der Waals surface area contributed by atoms with Gasteiger partial charge in [-0.25, -0.2) is 19.9 Å². The zero-order chi connectivity index (χ0) is 17.5. The monoisotopic (exact) mass is 345 g/mol. The summed E-state index contributed by atoms with van der Waals surface area (Å²) in [6.45, 7) is 4.05. The number of fused-ring (bicyclic) bond motifs is 2. The Kier molecular flexibility index (Phi) is 3.53. The molecule has 1 aliphatic heterocycles. The first kappa shape index (κ1) is 15.2. The Bertz CT molecular complexity index is 1080. The Morgan fingerprint density at radius 1 is 0.962 bits per heavy atom. The van der Waals surface area contributed by atoms with Gasteiger partial charge in [-0.15, -0.1) is 0 Å². The normalized spacial score (nSPS) is 15.8. The average Bonchev–Trinajstić information content (AvgIpc) is 3.12. The highest BCUT2D eigenvalue weighted by molar-refractivity contribution is 5.98. The van der Waals surface area contributed by atoms with Gasteiger partial charge in [0.2, 0.25) is 0 Å². The number of piperazine rings is 1. The summed E-state index contributed by atoms with van der Waals surface area (Å²) in [5.74, 6) is 1.01. The molecule has 26 heavy (non-hydrogen) atoms. The van der Waals surface area contributed by atoms with Crippen LogP contribution in [0.25, 0.3) is 33.1 Å². The number of nitrogens with zero attached hydrogens (tertiary/aromatic N) is 6. The van der Waals surface area contributed by atoms with E-state index < -0.39 is 0 Å². The van der Waals surface area contributed by atoms with Crippen molar-refractivity contribution in [3.05, 3.63) is 43.2 Å². The lowest BCUT2D eigenvalue weighted by Gasteiger charge is -2.33. The molecule has 7 nitrogen and oxygen atoms in total. The van der Waals surface area contributed by atoms with E-state index in [1.807, 2.05) is 12.4 Å². The highest BCUT2D eigenvalue weighted by atomic mass is 15.3. The second kappa shape index (κ2) is 6.03. The van der Waals surface area contributed by atoms with Gasteiger partial charge in [-0.3, -0.25) is 0 Å². The van der Waals surface area contributed by atoms with E-state index >= 15 is 0 Å². The number of hydrogen-bond donors (Lipinski definition) is 1. The summed E-state index contributed by atoms with van der Waals surface area (Å²) in [5, 5.41) is 2.10. The molecule has 5 rings (SSSR count). The molecule has 1 N–H and O–H groups in total. The number of aromatic amines is 1. The predicted octanol–water partition coefficient (Wildman–Crippen LogP) is 2.32. The highest BCUT2D eigenvalue weighted by Gasteiger charge is 2.18. The number of anilines is 1. The molecule has 1 fully saturated rings. The Hall–Kier alpha value is -3.06. The molecule has 1 saturated heterocycles. The third kappa shape index (κ3) is 2.48. The van der Waals surface area contributed by atoms with Crippen molar-refractivity contribution < 1.29 is 0 Å². The van der Waals surface area contributed by atoms with Crippen molar-refractivity contribution in [3.63, 3.8) is 0 Å². The van der Waals surface area contributed by atoms with Gasteiger partial charge in [0.05, 0.1) is 5.52 Å². The quantitative estimate of drug-likeness (QED) is 0.601. The van der Waals surface area contributed by atoms with E-state index in [-0.39, 0.29) is 0 Å². The molecule has 130 valence electrons. The molecule has 1 aromatic carbocycles. The second-order valence-corrected chi connectivity index (χ2v) is 6.71. The molecular formula is C19H19N7. The molecule has 4 aromatic rings. The molecular weight excluding hydrogens is 326 g/mol. The number of benzene rings is 1. The van der Waals surface area contributed by atoms with Crippen LogP contribution in [0, 0.1) is 0 Å². The van der Waals surface area contributed by atoms with Crippen LogP contribution in [-0.4, -0.2) is 63.0 Å². The van der Waals surface area contributed by atoms with Gasteiger partial charge in [0.1, 0.15) is 24.1 Å². The van der Waals surface area contributed by atoms with Gasteiger partial charge in [-0.05, 0) is 24.7 Å². The molecule has 0 aliphatic carbocycles. The van der Waals surface area contributed by atoms with Crippen molar-refractivity contribution >= 4 is 27.8 Å². The number of hydrogen-bond acceptors (Lipinski definition) is 6. The third-order valence-corrected chi connectivity index (χ3v) is 5.08. The summed E-state index contributed by atoms with van der Waals surface area (Å²) in [5.41, 5.74) is 4.02. The van der Waals surface area contributed by atoms with E-state index in [1.165, 1.54) is 0 Å².